The first kappa shape index (κ1) is 8.46. The van der Waals surface area contributed by atoms with Crippen LogP contribution in [-0.2, 0) is 0 Å². The van der Waals surface area contributed by atoms with E-state index in [1.54, 1.807) is 0 Å². The molecule has 0 heterocycles. The molecule has 0 N–H and O–H groups in total. The van der Waals surface area contributed by atoms with Crippen LogP contribution in [0, 0.1) is 0 Å². The van der Waals surface area contributed by atoms with Gasteiger partial charge < -0.3 is 0 Å². The van der Waals surface area contributed by atoms with E-state index in [-0.39, 0.29) is 0 Å². The number of rotatable bonds is 3. The molecule has 50 valence electrons. The molecule has 0 aromatic rings. The maximum atomic E-state index is 5.55. The summed E-state index contributed by atoms with van der Waals surface area (Å²) in [5, 5.41) is 0. The zero-order valence-corrected chi connectivity index (χ0v) is 7.33. The molecule has 0 saturated carbocycles. The molecule has 0 unspecified atom stereocenters. The molecule has 0 aromatic carbocycles. The Morgan fingerprint density at radius 2 is 2.12 bits per heavy atom. The van der Waals surface area contributed by atoms with Crippen molar-refractivity contribution in [2.75, 3.05) is 25.4 Å². The molecule has 0 aliphatic carbocycles. The Morgan fingerprint density at radius 1 is 1.62 bits per heavy atom. The van der Waals surface area contributed by atoms with Gasteiger partial charge in [-0.15, -0.1) is 0 Å². The molecule has 2 heteroatoms. The number of hydrogen-bond acceptors (Lipinski definition) is 0. The standard InChI is InChI=1S/C6H14ClP/c1-4-8(2,3)6-5-7/h4,8H,1,5-6H2,2-3H3. The first-order valence-electron chi connectivity index (χ1n) is 2.82. The Kier molecular flexibility index (Phi) is 3.68. The van der Waals surface area contributed by atoms with Crippen molar-refractivity contribution in [2.24, 2.45) is 0 Å². The zero-order valence-electron chi connectivity index (χ0n) is 5.58. The summed E-state index contributed by atoms with van der Waals surface area (Å²) in [4.78, 5) is 0. The van der Waals surface area contributed by atoms with E-state index in [4.69, 9.17) is 11.6 Å². The van der Waals surface area contributed by atoms with Crippen LogP contribution in [0.5, 0.6) is 0 Å². The summed E-state index contributed by atoms with van der Waals surface area (Å²) in [6, 6.07) is 0. The van der Waals surface area contributed by atoms with Crippen molar-refractivity contribution in [2.45, 2.75) is 0 Å². The summed E-state index contributed by atoms with van der Waals surface area (Å²) in [6.45, 7) is 8.29. The summed E-state index contributed by atoms with van der Waals surface area (Å²) >= 11 is 5.55. The van der Waals surface area contributed by atoms with Gasteiger partial charge in [-0.1, -0.05) is 0 Å². The third kappa shape index (κ3) is 3.46. The van der Waals surface area contributed by atoms with Gasteiger partial charge in [0.2, 0.25) is 0 Å². The average Bonchev–Trinajstić information content (AvgIpc) is 1.67. The Hall–Kier alpha value is 0.460. The van der Waals surface area contributed by atoms with Crippen molar-refractivity contribution in [1.29, 1.82) is 0 Å². The van der Waals surface area contributed by atoms with E-state index in [9.17, 15) is 0 Å². The fraction of sp³-hybridized carbons (Fsp3) is 0.667. The summed E-state index contributed by atoms with van der Waals surface area (Å²) in [5.41, 5.74) is 0. The molecule has 0 bridgehead atoms. The normalized spacial score (nSPS) is 13.4. The Balaban J connectivity index is 3.53. The summed E-state index contributed by atoms with van der Waals surface area (Å²) < 4.78 is 0. The van der Waals surface area contributed by atoms with Crippen LogP contribution in [0.3, 0.4) is 0 Å². The van der Waals surface area contributed by atoms with Crippen LogP contribution >= 0.6 is 18.9 Å². The number of alkyl halides is 1. The van der Waals surface area contributed by atoms with Crippen molar-refractivity contribution < 1.29 is 0 Å². The second-order valence-corrected chi connectivity index (χ2v) is 7.90. The Labute approximate surface area is 57.3 Å². The first-order valence-corrected chi connectivity index (χ1v) is 6.64. The van der Waals surface area contributed by atoms with Crippen LogP contribution in [0.4, 0.5) is 0 Å². The first-order chi connectivity index (χ1) is 3.62. The van der Waals surface area contributed by atoms with Crippen molar-refractivity contribution in [3.8, 4) is 0 Å². The monoisotopic (exact) mass is 152 g/mol. The van der Waals surface area contributed by atoms with Gasteiger partial charge in [0.25, 0.3) is 0 Å². The quantitative estimate of drug-likeness (QED) is 0.430. The van der Waals surface area contributed by atoms with Crippen LogP contribution in [0.15, 0.2) is 12.4 Å². The van der Waals surface area contributed by atoms with E-state index in [1.165, 1.54) is 0 Å². The molecule has 0 nitrogen and oxygen atoms in total. The molecule has 0 amide bonds. The predicted molar refractivity (Wildman–Crippen MR) is 45.9 cm³/mol. The fourth-order valence-corrected chi connectivity index (χ4v) is 2.50. The van der Waals surface area contributed by atoms with Gasteiger partial charge in [0, 0.05) is 0 Å². The van der Waals surface area contributed by atoms with Gasteiger partial charge in [-0.3, -0.25) is 0 Å². The average molecular weight is 153 g/mol. The molecular formula is C6H14ClP. The van der Waals surface area contributed by atoms with Gasteiger partial charge in [-0.25, -0.2) is 0 Å². The van der Waals surface area contributed by atoms with E-state index in [0.717, 1.165) is 12.0 Å². The number of halogens is 1. The van der Waals surface area contributed by atoms with Gasteiger partial charge in [-0.2, -0.15) is 0 Å². The third-order valence-electron chi connectivity index (χ3n) is 1.29. The van der Waals surface area contributed by atoms with Crippen molar-refractivity contribution in [3.05, 3.63) is 12.4 Å². The molecule has 0 spiro atoms. The van der Waals surface area contributed by atoms with E-state index < -0.39 is 7.26 Å². The zero-order chi connectivity index (χ0) is 6.62. The van der Waals surface area contributed by atoms with Crippen LogP contribution in [0.25, 0.3) is 0 Å². The van der Waals surface area contributed by atoms with Gasteiger partial charge in [0.1, 0.15) is 0 Å². The molecular weight excluding hydrogens is 138 g/mol. The molecule has 0 aliphatic heterocycles. The van der Waals surface area contributed by atoms with Gasteiger partial charge >= 0.3 is 56.6 Å². The Bertz CT molecular complexity index is 78.6. The van der Waals surface area contributed by atoms with E-state index in [0.29, 0.717) is 0 Å². The SMILES string of the molecule is C=C[PH](C)(C)CCCl. The molecule has 0 rings (SSSR count). The van der Waals surface area contributed by atoms with Gasteiger partial charge in [0.05, 0.1) is 0 Å². The molecule has 0 aromatic heterocycles. The van der Waals surface area contributed by atoms with Gasteiger partial charge in [0.15, 0.2) is 0 Å². The molecule has 0 fully saturated rings. The number of hydrogen-bond donors (Lipinski definition) is 0. The van der Waals surface area contributed by atoms with Crippen LogP contribution in [-0.4, -0.2) is 25.4 Å². The van der Waals surface area contributed by atoms with E-state index in [1.807, 2.05) is 0 Å². The molecule has 8 heavy (non-hydrogen) atoms. The maximum absolute atomic E-state index is 5.55. The van der Waals surface area contributed by atoms with E-state index in [2.05, 4.69) is 25.7 Å². The van der Waals surface area contributed by atoms with Crippen molar-refractivity contribution in [3.63, 3.8) is 0 Å². The van der Waals surface area contributed by atoms with Crippen LogP contribution < -0.4 is 0 Å². The Morgan fingerprint density at radius 3 is 2.25 bits per heavy atom. The van der Waals surface area contributed by atoms with Crippen LogP contribution in [0.1, 0.15) is 0 Å². The summed E-state index contributed by atoms with van der Waals surface area (Å²) in [5.74, 6) is 2.86. The minimum absolute atomic E-state index is 0.783. The van der Waals surface area contributed by atoms with Crippen LogP contribution in [0.2, 0.25) is 0 Å². The van der Waals surface area contributed by atoms with Crippen molar-refractivity contribution >= 4 is 18.9 Å². The fourth-order valence-electron chi connectivity index (χ4n) is 0.346. The molecule has 0 radical (unpaired) electrons. The minimum atomic E-state index is -1.05. The second-order valence-electron chi connectivity index (χ2n) is 2.63. The van der Waals surface area contributed by atoms with Crippen molar-refractivity contribution in [1.82, 2.24) is 0 Å². The molecule has 0 saturated heterocycles. The molecule has 0 atom stereocenters. The summed E-state index contributed by atoms with van der Waals surface area (Å²) in [6.07, 6.45) is 1.15. The summed E-state index contributed by atoms with van der Waals surface area (Å²) in [7, 11) is -1.05. The molecule has 0 aliphatic rings. The van der Waals surface area contributed by atoms with E-state index >= 15 is 0 Å². The predicted octanol–water partition coefficient (Wildman–Crippen LogP) is 2.38. The topological polar surface area (TPSA) is 0 Å². The second kappa shape index (κ2) is 3.48. The third-order valence-corrected chi connectivity index (χ3v) is 4.44. The van der Waals surface area contributed by atoms with Gasteiger partial charge in [-0.05, 0) is 0 Å².